The molecule has 3 heteroatoms. The lowest BCUT2D eigenvalue weighted by atomic mass is 9.88. The van der Waals surface area contributed by atoms with Crippen LogP contribution < -0.4 is 10.6 Å². The summed E-state index contributed by atoms with van der Waals surface area (Å²) in [5.41, 5.74) is 8.31. The van der Waals surface area contributed by atoms with E-state index in [-0.39, 0.29) is 11.3 Å². The Balaban J connectivity index is 2.02. The number of benzene rings is 1. The Morgan fingerprint density at radius 1 is 1.26 bits per heavy atom. The highest BCUT2D eigenvalue weighted by Crippen LogP contribution is 2.28. The number of aryl methyl sites for hydroxylation is 1. The summed E-state index contributed by atoms with van der Waals surface area (Å²) in [5.74, 6) is 0.254. The van der Waals surface area contributed by atoms with E-state index in [1.54, 1.807) is 0 Å². The summed E-state index contributed by atoms with van der Waals surface area (Å²) in [6, 6.07) is 8.23. The number of rotatable bonds is 5. The first kappa shape index (κ1) is 14.1. The molecule has 2 N–H and O–H groups in total. The molecular weight excluding hydrogens is 236 g/mol. The molecule has 1 amide bonds. The Labute approximate surface area is 115 Å². The van der Waals surface area contributed by atoms with E-state index in [1.165, 1.54) is 5.56 Å². The fourth-order valence-corrected chi connectivity index (χ4v) is 2.56. The van der Waals surface area contributed by atoms with Gasteiger partial charge in [0, 0.05) is 18.7 Å². The van der Waals surface area contributed by atoms with Crippen molar-refractivity contribution in [1.82, 2.24) is 0 Å². The van der Waals surface area contributed by atoms with Crippen LogP contribution in [0.2, 0.25) is 0 Å². The van der Waals surface area contributed by atoms with Crippen molar-refractivity contribution in [1.29, 1.82) is 0 Å². The molecule has 1 heterocycles. The maximum Gasteiger partial charge on any atom is 0.227 e. The van der Waals surface area contributed by atoms with Gasteiger partial charge in [-0.3, -0.25) is 4.79 Å². The third-order valence-electron chi connectivity index (χ3n) is 3.98. The van der Waals surface area contributed by atoms with Gasteiger partial charge in [-0.15, -0.1) is 0 Å². The minimum Gasteiger partial charge on any atom is -0.330 e. The fourth-order valence-electron chi connectivity index (χ4n) is 2.56. The molecule has 0 fully saturated rings. The third kappa shape index (κ3) is 3.35. The highest BCUT2D eigenvalue weighted by molar-refractivity contribution is 5.96. The van der Waals surface area contributed by atoms with E-state index in [0.29, 0.717) is 13.0 Å². The summed E-state index contributed by atoms with van der Waals surface area (Å²) >= 11 is 0. The zero-order chi connectivity index (χ0) is 13.9. The lowest BCUT2D eigenvalue weighted by Crippen LogP contribution is -2.36. The summed E-state index contributed by atoms with van der Waals surface area (Å²) in [6.45, 7) is 5.86. The summed E-state index contributed by atoms with van der Waals surface area (Å²) in [5, 5.41) is 0. The molecule has 104 valence electrons. The largest absolute Gasteiger partial charge is 0.330 e. The number of amides is 1. The van der Waals surface area contributed by atoms with Crippen LogP contribution >= 0.6 is 0 Å². The van der Waals surface area contributed by atoms with Crippen molar-refractivity contribution in [3.05, 3.63) is 29.8 Å². The standard InChI is InChI=1S/C16H24N2O/c1-16(2,12-17)10-5-11-18-14-7-4-3-6-13(14)8-9-15(18)19/h3-4,6-7H,5,8-12,17H2,1-2H3. The first-order valence-corrected chi connectivity index (χ1v) is 7.12. The summed E-state index contributed by atoms with van der Waals surface area (Å²) in [7, 11) is 0. The zero-order valence-electron chi connectivity index (χ0n) is 12.0. The van der Waals surface area contributed by atoms with Gasteiger partial charge < -0.3 is 10.6 Å². The smallest absolute Gasteiger partial charge is 0.227 e. The predicted molar refractivity (Wildman–Crippen MR) is 79.2 cm³/mol. The Kier molecular flexibility index (Phi) is 4.25. The molecule has 0 saturated heterocycles. The van der Waals surface area contributed by atoms with Crippen LogP contribution in [0.25, 0.3) is 0 Å². The Bertz CT molecular complexity index is 454. The number of fused-ring (bicyclic) bond motifs is 1. The van der Waals surface area contributed by atoms with Gasteiger partial charge in [0.15, 0.2) is 0 Å². The monoisotopic (exact) mass is 260 g/mol. The number of nitrogens with zero attached hydrogens (tertiary/aromatic N) is 1. The molecule has 1 aromatic rings. The molecule has 0 bridgehead atoms. The second kappa shape index (κ2) is 5.74. The Hall–Kier alpha value is -1.35. The highest BCUT2D eigenvalue weighted by Gasteiger charge is 2.24. The number of hydrogen-bond acceptors (Lipinski definition) is 2. The van der Waals surface area contributed by atoms with Crippen molar-refractivity contribution >= 4 is 11.6 Å². The van der Waals surface area contributed by atoms with Gasteiger partial charge >= 0.3 is 0 Å². The van der Waals surface area contributed by atoms with Crippen molar-refractivity contribution < 1.29 is 4.79 Å². The first-order valence-electron chi connectivity index (χ1n) is 7.12. The average molecular weight is 260 g/mol. The number of carbonyl (C=O) groups is 1. The van der Waals surface area contributed by atoms with Gasteiger partial charge in [0.1, 0.15) is 0 Å². The van der Waals surface area contributed by atoms with Gasteiger partial charge in [-0.2, -0.15) is 0 Å². The van der Waals surface area contributed by atoms with Crippen molar-refractivity contribution in [2.75, 3.05) is 18.0 Å². The first-order chi connectivity index (χ1) is 9.03. The number of nitrogens with two attached hydrogens (primary N) is 1. The summed E-state index contributed by atoms with van der Waals surface area (Å²) < 4.78 is 0. The van der Waals surface area contributed by atoms with Crippen molar-refractivity contribution in [3.8, 4) is 0 Å². The minimum absolute atomic E-state index is 0.165. The Morgan fingerprint density at radius 2 is 2.00 bits per heavy atom. The van der Waals surface area contributed by atoms with Crippen LogP contribution in [-0.2, 0) is 11.2 Å². The SMILES string of the molecule is CC(C)(CN)CCCN1C(=O)CCc2ccccc21. The van der Waals surface area contributed by atoms with Crippen molar-refractivity contribution in [3.63, 3.8) is 0 Å². The second-order valence-electron chi connectivity index (χ2n) is 6.15. The van der Waals surface area contributed by atoms with Gasteiger partial charge in [0.25, 0.3) is 0 Å². The lowest BCUT2D eigenvalue weighted by molar-refractivity contribution is -0.118. The van der Waals surface area contributed by atoms with Crippen LogP contribution in [0.1, 0.15) is 38.7 Å². The zero-order valence-corrected chi connectivity index (χ0v) is 12.0. The molecule has 0 unspecified atom stereocenters. The topological polar surface area (TPSA) is 46.3 Å². The summed E-state index contributed by atoms with van der Waals surface area (Å²) in [6.07, 6.45) is 3.57. The van der Waals surface area contributed by atoms with Gasteiger partial charge in [0.05, 0.1) is 0 Å². The number of para-hydroxylation sites is 1. The molecule has 19 heavy (non-hydrogen) atoms. The fraction of sp³-hybridized carbons (Fsp3) is 0.562. The van der Waals surface area contributed by atoms with E-state index in [0.717, 1.165) is 31.5 Å². The molecule has 1 aliphatic heterocycles. The lowest BCUT2D eigenvalue weighted by Gasteiger charge is -2.31. The van der Waals surface area contributed by atoms with Crippen LogP contribution in [0.4, 0.5) is 5.69 Å². The Morgan fingerprint density at radius 3 is 2.74 bits per heavy atom. The molecule has 0 aromatic heterocycles. The molecule has 0 radical (unpaired) electrons. The average Bonchev–Trinajstić information content (AvgIpc) is 2.41. The minimum atomic E-state index is 0.165. The van der Waals surface area contributed by atoms with Crippen molar-refractivity contribution in [2.24, 2.45) is 11.1 Å². The molecule has 0 saturated carbocycles. The molecule has 0 spiro atoms. The van der Waals surface area contributed by atoms with Gasteiger partial charge in [-0.25, -0.2) is 0 Å². The van der Waals surface area contributed by atoms with Crippen molar-refractivity contribution in [2.45, 2.75) is 39.5 Å². The summed E-state index contributed by atoms with van der Waals surface area (Å²) in [4.78, 5) is 14.0. The van der Waals surface area contributed by atoms with Crippen LogP contribution in [0.15, 0.2) is 24.3 Å². The highest BCUT2D eigenvalue weighted by atomic mass is 16.2. The quantitative estimate of drug-likeness (QED) is 0.885. The van der Waals surface area contributed by atoms with E-state index < -0.39 is 0 Å². The molecular formula is C16H24N2O. The van der Waals surface area contributed by atoms with E-state index >= 15 is 0 Å². The van der Waals surface area contributed by atoms with Gasteiger partial charge in [-0.1, -0.05) is 32.0 Å². The molecule has 2 rings (SSSR count). The normalized spacial score (nSPS) is 15.5. The molecule has 1 aliphatic rings. The second-order valence-corrected chi connectivity index (χ2v) is 6.15. The maximum atomic E-state index is 12.1. The molecule has 0 aliphatic carbocycles. The van der Waals surface area contributed by atoms with Crippen LogP contribution in [0.3, 0.4) is 0 Å². The van der Waals surface area contributed by atoms with E-state index in [4.69, 9.17) is 5.73 Å². The van der Waals surface area contributed by atoms with Crippen LogP contribution in [0, 0.1) is 5.41 Å². The number of hydrogen-bond donors (Lipinski definition) is 1. The molecule has 3 nitrogen and oxygen atoms in total. The predicted octanol–water partition coefficient (Wildman–Crippen LogP) is 2.73. The molecule has 1 aromatic carbocycles. The van der Waals surface area contributed by atoms with E-state index in [2.05, 4.69) is 26.0 Å². The van der Waals surface area contributed by atoms with E-state index in [9.17, 15) is 4.79 Å². The van der Waals surface area contributed by atoms with Crippen LogP contribution in [0.5, 0.6) is 0 Å². The number of anilines is 1. The van der Waals surface area contributed by atoms with Gasteiger partial charge in [0.2, 0.25) is 5.91 Å². The van der Waals surface area contributed by atoms with E-state index in [1.807, 2.05) is 17.0 Å². The molecule has 0 atom stereocenters. The van der Waals surface area contributed by atoms with Crippen LogP contribution in [-0.4, -0.2) is 19.0 Å². The maximum absolute atomic E-state index is 12.1. The van der Waals surface area contributed by atoms with Gasteiger partial charge in [-0.05, 0) is 42.9 Å². The third-order valence-corrected chi connectivity index (χ3v) is 3.98. The number of carbonyl (C=O) groups excluding carboxylic acids is 1.